The third kappa shape index (κ3) is 4.05. The van der Waals surface area contributed by atoms with Crippen molar-refractivity contribution in [1.29, 1.82) is 0 Å². The molecule has 0 unspecified atom stereocenters. The van der Waals surface area contributed by atoms with Gasteiger partial charge in [0.2, 0.25) is 0 Å². The Bertz CT molecular complexity index is 599. The van der Waals surface area contributed by atoms with Crippen molar-refractivity contribution in [1.82, 2.24) is 15.1 Å². The summed E-state index contributed by atoms with van der Waals surface area (Å²) in [6.45, 7) is 2.73. The van der Waals surface area contributed by atoms with Crippen molar-refractivity contribution in [2.24, 2.45) is 4.99 Å². The highest BCUT2D eigenvalue weighted by Crippen LogP contribution is 2.02. The van der Waals surface area contributed by atoms with E-state index in [0.717, 1.165) is 18.5 Å². The maximum Gasteiger partial charge on any atom is 0.341 e. The van der Waals surface area contributed by atoms with Crippen molar-refractivity contribution in [2.45, 2.75) is 19.8 Å². The van der Waals surface area contributed by atoms with Gasteiger partial charge in [0.05, 0.1) is 17.2 Å². The zero-order valence-electron chi connectivity index (χ0n) is 11.5. The Morgan fingerprint density at radius 2 is 2.10 bits per heavy atom. The van der Waals surface area contributed by atoms with Crippen molar-refractivity contribution in [3.63, 3.8) is 0 Å². The van der Waals surface area contributed by atoms with Crippen LogP contribution >= 0.6 is 0 Å². The van der Waals surface area contributed by atoms with Crippen molar-refractivity contribution in [3.05, 3.63) is 54.1 Å². The number of unbranched alkanes of at least 4 members (excludes halogenated alkanes) is 1. The molecule has 1 heterocycles. The summed E-state index contributed by atoms with van der Waals surface area (Å²) in [5.74, 6) is 0. The molecular formula is C15H18N4O. The van der Waals surface area contributed by atoms with Gasteiger partial charge in [-0.25, -0.2) is 9.48 Å². The van der Waals surface area contributed by atoms with E-state index in [1.807, 2.05) is 30.3 Å². The fourth-order valence-electron chi connectivity index (χ4n) is 1.68. The summed E-state index contributed by atoms with van der Waals surface area (Å²) in [5, 5.41) is 7.53. The zero-order chi connectivity index (χ0) is 14.2. The molecule has 0 saturated carbocycles. The van der Waals surface area contributed by atoms with Crippen LogP contribution in [0.5, 0.6) is 0 Å². The molecule has 0 aliphatic heterocycles. The second-order valence-electron chi connectivity index (χ2n) is 4.36. The normalized spacial score (nSPS) is 11.3. The molecule has 0 spiro atoms. The van der Waals surface area contributed by atoms with Crippen LogP contribution in [0.2, 0.25) is 0 Å². The Morgan fingerprint density at radius 1 is 1.30 bits per heavy atom. The molecule has 0 aliphatic rings. The number of aromatic nitrogens is 2. The number of para-hydroxylation sites is 1. The topological polar surface area (TPSA) is 59.3 Å². The van der Waals surface area contributed by atoms with Crippen LogP contribution < -0.4 is 10.7 Å². The molecule has 5 heteroatoms. The van der Waals surface area contributed by atoms with Crippen molar-refractivity contribution >= 4 is 6.03 Å². The molecule has 0 aliphatic carbocycles. The van der Waals surface area contributed by atoms with E-state index < -0.39 is 0 Å². The third-order valence-electron chi connectivity index (χ3n) is 2.76. The zero-order valence-corrected chi connectivity index (χ0v) is 11.5. The van der Waals surface area contributed by atoms with Crippen molar-refractivity contribution in [2.75, 3.05) is 6.54 Å². The van der Waals surface area contributed by atoms with Crippen LogP contribution in [-0.4, -0.2) is 22.4 Å². The minimum Gasteiger partial charge on any atom is -0.336 e. The number of amides is 2. The van der Waals surface area contributed by atoms with Gasteiger partial charge in [-0.05, 0) is 24.6 Å². The van der Waals surface area contributed by atoms with E-state index in [9.17, 15) is 4.79 Å². The molecule has 1 N–H and O–H groups in total. The van der Waals surface area contributed by atoms with E-state index in [-0.39, 0.29) is 6.03 Å². The second-order valence-corrected chi connectivity index (χ2v) is 4.36. The summed E-state index contributed by atoms with van der Waals surface area (Å²) in [6.07, 6.45) is 5.37. The van der Waals surface area contributed by atoms with Gasteiger partial charge in [-0.1, -0.05) is 31.5 Å². The van der Waals surface area contributed by atoms with E-state index >= 15 is 0 Å². The fourth-order valence-corrected chi connectivity index (χ4v) is 1.68. The number of benzene rings is 1. The minimum atomic E-state index is -0.322. The molecule has 1 aromatic heterocycles. The first kappa shape index (κ1) is 14.0. The first-order valence-electron chi connectivity index (χ1n) is 6.72. The molecule has 1 aromatic carbocycles. The average Bonchev–Trinajstić information content (AvgIpc) is 2.49. The van der Waals surface area contributed by atoms with Gasteiger partial charge in [-0.15, -0.1) is 0 Å². The maximum atomic E-state index is 11.5. The van der Waals surface area contributed by atoms with Crippen LogP contribution in [0, 0.1) is 0 Å². The van der Waals surface area contributed by atoms with Gasteiger partial charge in [-0.3, -0.25) is 0 Å². The molecule has 0 bridgehead atoms. The maximum absolute atomic E-state index is 11.5. The van der Waals surface area contributed by atoms with Crippen LogP contribution in [0.3, 0.4) is 0 Å². The van der Waals surface area contributed by atoms with Gasteiger partial charge in [-0.2, -0.15) is 10.1 Å². The molecule has 2 amide bonds. The Hall–Kier alpha value is -2.43. The number of hydrogen-bond donors (Lipinski definition) is 1. The molecule has 0 atom stereocenters. The molecule has 2 rings (SSSR count). The van der Waals surface area contributed by atoms with E-state index in [4.69, 9.17) is 0 Å². The largest absolute Gasteiger partial charge is 0.341 e. The van der Waals surface area contributed by atoms with E-state index in [1.54, 1.807) is 23.1 Å². The summed E-state index contributed by atoms with van der Waals surface area (Å²) in [6, 6.07) is 11.2. The highest BCUT2D eigenvalue weighted by molar-refractivity contribution is 5.74. The number of carbonyl (C=O) groups excluding carboxylic acids is 1. The molecule has 0 radical (unpaired) electrons. The lowest BCUT2D eigenvalue weighted by atomic mass is 10.3. The summed E-state index contributed by atoms with van der Waals surface area (Å²) >= 11 is 0. The lowest BCUT2D eigenvalue weighted by Gasteiger charge is -2.03. The standard InChI is InChI=1S/C15H18N4O/c1-2-3-10-16-15(20)18-13-9-11-19(17-12-13)14-7-5-4-6-8-14/h4-9,11-12H,2-3,10H2,1H3,(H,16,20)/b18-13-. The predicted molar refractivity (Wildman–Crippen MR) is 77.4 cm³/mol. The quantitative estimate of drug-likeness (QED) is 0.866. The third-order valence-corrected chi connectivity index (χ3v) is 2.76. The minimum absolute atomic E-state index is 0.322. The Labute approximate surface area is 118 Å². The molecule has 2 aromatic rings. The first-order valence-corrected chi connectivity index (χ1v) is 6.72. The summed E-state index contributed by atoms with van der Waals surface area (Å²) in [4.78, 5) is 15.5. The van der Waals surface area contributed by atoms with E-state index in [1.165, 1.54) is 0 Å². The molecule has 20 heavy (non-hydrogen) atoms. The first-order chi connectivity index (χ1) is 9.79. The van der Waals surface area contributed by atoms with Crippen LogP contribution in [-0.2, 0) is 0 Å². The highest BCUT2D eigenvalue weighted by atomic mass is 16.2. The highest BCUT2D eigenvalue weighted by Gasteiger charge is 1.96. The van der Waals surface area contributed by atoms with Crippen LogP contribution in [0.25, 0.3) is 5.69 Å². The monoisotopic (exact) mass is 270 g/mol. The van der Waals surface area contributed by atoms with Crippen LogP contribution in [0.1, 0.15) is 19.8 Å². The number of nitrogens with zero attached hydrogens (tertiary/aromatic N) is 3. The number of urea groups is 1. The molecule has 5 nitrogen and oxygen atoms in total. The molecule has 0 saturated heterocycles. The van der Waals surface area contributed by atoms with Crippen molar-refractivity contribution in [3.8, 4) is 5.69 Å². The average molecular weight is 270 g/mol. The molecular weight excluding hydrogens is 252 g/mol. The van der Waals surface area contributed by atoms with Gasteiger partial charge >= 0.3 is 6.03 Å². The van der Waals surface area contributed by atoms with Gasteiger partial charge in [0.15, 0.2) is 0 Å². The summed E-state index contributed by atoms with van der Waals surface area (Å²) in [5.41, 5.74) is 0.964. The number of hydrogen-bond acceptors (Lipinski definition) is 2. The fraction of sp³-hybridized carbons (Fsp3) is 0.267. The van der Waals surface area contributed by atoms with E-state index in [0.29, 0.717) is 11.9 Å². The van der Waals surface area contributed by atoms with Gasteiger partial charge in [0.25, 0.3) is 0 Å². The summed E-state index contributed by atoms with van der Waals surface area (Å²) in [7, 11) is 0. The van der Waals surface area contributed by atoms with Gasteiger partial charge in [0.1, 0.15) is 0 Å². The predicted octanol–water partition coefficient (Wildman–Crippen LogP) is 2.28. The second kappa shape index (κ2) is 7.23. The van der Waals surface area contributed by atoms with Crippen molar-refractivity contribution < 1.29 is 4.79 Å². The Kier molecular flexibility index (Phi) is 5.06. The Balaban J connectivity index is 2.06. The lowest BCUT2D eigenvalue weighted by Crippen LogP contribution is -2.23. The van der Waals surface area contributed by atoms with Crippen LogP contribution in [0.4, 0.5) is 4.79 Å². The number of carbonyl (C=O) groups is 1. The van der Waals surface area contributed by atoms with Gasteiger partial charge in [0, 0.05) is 12.7 Å². The smallest absolute Gasteiger partial charge is 0.336 e. The number of nitrogens with one attached hydrogen (secondary N) is 1. The summed E-state index contributed by atoms with van der Waals surface area (Å²) < 4.78 is 1.73. The SMILES string of the molecule is CCCCNC(=O)/N=c1/ccn(-c2ccccc2)nc1. The Morgan fingerprint density at radius 3 is 2.75 bits per heavy atom. The molecule has 0 fully saturated rings. The van der Waals surface area contributed by atoms with Crippen LogP contribution in [0.15, 0.2) is 53.8 Å². The number of rotatable bonds is 4. The van der Waals surface area contributed by atoms with Gasteiger partial charge < -0.3 is 5.32 Å². The lowest BCUT2D eigenvalue weighted by molar-refractivity contribution is 0.248. The van der Waals surface area contributed by atoms with E-state index in [2.05, 4.69) is 22.3 Å². The molecule has 104 valence electrons.